The first kappa shape index (κ1) is 17.8. The van der Waals surface area contributed by atoms with Crippen molar-refractivity contribution in [3.63, 3.8) is 0 Å². The Morgan fingerprint density at radius 2 is 1.92 bits per heavy atom. The second-order valence-corrected chi connectivity index (χ2v) is 6.42. The number of aromatic nitrogens is 3. The lowest BCUT2D eigenvalue weighted by molar-refractivity contribution is 0.461. The predicted molar refractivity (Wildman–Crippen MR) is 105 cm³/mol. The van der Waals surface area contributed by atoms with Crippen molar-refractivity contribution in [1.82, 2.24) is 24.3 Å². The number of nitrogens with one attached hydrogen (secondary N) is 1. The summed E-state index contributed by atoms with van der Waals surface area (Å²) in [6.07, 6.45) is 7.67. The highest BCUT2D eigenvalue weighted by molar-refractivity contribution is 5.79. The Balaban J connectivity index is 1.54. The molecule has 0 atom stereocenters. The number of hydrogen-bond donors (Lipinski definition) is 1. The number of aryl methyl sites for hydroxylation is 1. The van der Waals surface area contributed by atoms with Crippen LogP contribution >= 0.6 is 0 Å². The van der Waals surface area contributed by atoms with E-state index in [-0.39, 0.29) is 0 Å². The molecule has 6 nitrogen and oxygen atoms in total. The molecular weight excluding hydrogens is 324 g/mol. The highest BCUT2D eigenvalue weighted by Gasteiger charge is 2.08. The van der Waals surface area contributed by atoms with Crippen LogP contribution in [-0.2, 0) is 26.7 Å². The van der Waals surface area contributed by atoms with Gasteiger partial charge in [0.05, 0.1) is 12.9 Å². The molecule has 0 radical (unpaired) electrons. The summed E-state index contributed by atoms with van der Waals surface area (Å²) in [5, 5.41) is 3.43. The lowest BCUT2D eigenvalue weighted by Gasteiger charge is -2.22. The molecule has 136 valence electrons. The summed E-state index contributed by atoms with van der Waals surface area (Å²) in [4.78, 5) is 10.6. The van der Waals surface area contributed by atoms with Crippen molar-refractivity contribution in [2.45, 2.75) is 19.6 Å². The third-order valence-electron chi connectivity index (χ3n) is 4.42. The Morgan fingerprint density at radius 1 is 1.15 bits per heavy atom. The van der Waals surface area contributed by atoms with Gasteiger partial charge in [-0.25, -0.2) is 4.98 Å². The van der Waals surface area contributed by atoms with Crippen LogP contribution in [0.1, 0.15) is 16.8 Å². The number of hydrogen-bond acceptors (Lipinski definition) is 2. The first-order valence-corrected chi connectivity index (χ1v) is 8.71. The van der Waals surface area contributed by atoms with E-state index in [1.54, 1.807) is 6.20 Å². The third kappa shape index (κ3) is 4.53. The molecule has 0 saturated heterocycles. The quantitative estimate of drug-likeness (QED) is 0.549. The maximum Gasteiger partial charge on any atom is 0.194 e. The smallest absolute Gasteiger partial charge is 0.194 e. The lowest BCUT2D eigenvalue weighted by Crippen LogP contribution is -2.38. The standard InChI is InChI=1S/C20H26N6/c1-21-20(25(3)15-19-5-4-11-24(19)2)23-13-17-6-8-18(9-7-17)14-26-12-10-22-16-26/h4-12,16H,13-15H2,1-3H3,(H,21,23). The average Bonchev–Trinajstić information content (AvgIpc) is 3.29. The molecule has 0 aliphatic heterocycles. The van der Waals surface area contributed by atoms with Crippen LogP contribution in [0.2, 0.25) is 0 Å². The van der Waals surface area contributed by atoms with Crippen molar-refractivity contribution in [3.8, 4) is 0 Å². The molecule has 0 amide bonds. The van der Waals surface area contributed by atoms with Crippen molar-refractivity contribution in [2.75, 3.05) is 14.1 Å². The largest absolute Gasteiger partial charge is 0.353 e. The van der Waals surface area contributed by atoms with Crippen molar-refractivity contribution in [3.05, 3.63) is 78.1 Å². The minimum Gasteiger partial charge on any atom is -0.353 e. The summed E-state index contributed by atoms with van der Waals surface area (Å²) < 4.78 is 4.19. The predicted octanol–water partition coefficient (Wildman–Crippen LogP) is 2.48. The molecule has 3 aromatic rings. The minimum absolute atomic E-state index is 0.746. The highest BCUT2D eigenvalue weighted by atomic mass is 15.3. The van der Waals surface area contributed by atoms with E-state index in [2.05, 4.69) is 86.0 Å². The van der Waals surface area contributed by atoms with E-state index in [1.165, 1.54) is 16.8 Å². The van der Waals surface area contributed by atoms with Crippen LogP contribution in [-0.4, -0.2) is 39.1 Å². The minimum atomic E-state index is 0.746. The van der Waals surface area contributed by atoms with Crippen molar-refractivity contribution < 1.29 is 0 Å². The molecule has 0 unspecified atom stereocenters. The lowest BCUT2D eigenvalue weighted by atomic mass is 10.1. The van der Waals surface area contributed by atoms with Gasteiger partial charge in [0.25, 0.3) is 0 Å². The molecular formula is C20H26N6. The fourth-order valence-corrected chi connectivity index (χ4v) is 2.90. The van der Waals surface area contributed by atoms with Crippen LogP contribution in [0, 0.1) is 0 Å². The molecule has 6 heteroatoms. The van der Waals surface area contributed by atoms with E-state index < -0.39 is 0 Å². The number of nitrogens with zero attached hydrogens (tertiary/aromatic N) is 5. The molecule has 0 fully saturated rings. The number of imidazole rings is 1. The Bertz CT molecular complexity index is 830. The maximum absolute atomic E-state index is 4.39. The zero-order valence-corrected chi connectivity index (χ0v) is 15.6. The second kappa shape index (κ2) is 8.38. The van der Waals surface area contributed by atoms with E-state index in [4.69, 9.17) is 0 Å². The highest BCUT2D eigenvalue weighted by Crippen LogP contribution is 2.07. The molecule has 2 aromatic heterocycles. The Kier molecular flexibility index (Phi) is 5.73. The monoisotopic (exact) mass is 350 g/mol. The van der Waals surface area contributed by atoms with Gasteiger partial charge >= 0.3 is 0 Å². The van der Waals surface area contributed by atoms with Gasteiger partial charge in [0, 0.05) is 58.5 Å². The van der Waals surface area contributed by atoms with Gasteiger partial charge in [0.1, 0.15) is 0 Å². The topological polar surface area (TPSA) is 50.4 Å². The van der Waals surface area contributed by atoms with Crippen LogP contribution in [0.15, 0.2) is 66.3 Å². The number of aliphatic imine (C=N–C) groups is 1. The van der Waals surface area contributed by atoms with Gasteiger partial charge < -0.3 is 19.4 Å². The summed E-state index contributed by atoms with van der Waals surface area (Å²) in [5.74, 6) is 0.883. The van der Waals surface area contributed by atoms with Crippen LogP contribution in [0.4, 0.5) is 0 Å². The van der Waals surface area contributed by atoms with Gasteiger partial charge in [0.15, 0.2) is 5.96 Å². The van der Waals surface area contributed by atoms with Crippen LogP contribution < -0.4 is 5.32 Å². The molecule has 3 rings (SSSR count). The molecule has 0 spiro atoms. The normalized spacial score (nSPS) is 11.6. The number of benzene rings is 1. The summed E-state index contributed by atoms with van der Waals surface area (Å²) in [6, 6.07) is 12.8. The Morgan fingerprint density at radius 3 is 2.54 bits per heavy atom. The van der Waals surface area contributed by atoms with Gasteiger partial charge in [0.2, 0.25) is 0 Å². The van der Waals surface area contributed by atoms with Gasteiger partial charge in [-0.1, -0.05) is 24.3 Å². The molecule has 0 aliphatic carbocycles. The third-order valence-corrected chi connectivity index (χ3v) is 4.42. The zero-order chi connectivity index (χ0) is 18.4. The molecule has 2 heterocycles. The Hall–Kier alpha value is -3.02. The van der Waals surface area contributed by atoms with Crippen molar-refractivity contribution in [2.24, 2.45) is 12.0 Å². The molecule has 26 heavy (non-hydrogen) atoms. The van der Waals surface area contributed by atoms with Crippen molar-refractivity contribution in [1.29, 1.82) is 0 Å². The van der Waals surface area contributed by atoms with Crippen LogP contribution in [0.3, 0.4) is 0 Å². The second-order valence-electron chi connectivity index (χ2n) is 6.42. The van der Waals surface area contributed by atoms with E-state index in [1.807, 2.05) is 19.6 Å². The van der Waals surface area contributed by atoms with Crippen LogP contribution in [0.5, 0.6) is 0 Å². The first-order valence-electron chi connectivity index (χ1n) is 8.71. The summed E-state index contributed by atoms with van der Waals surface area (Å²) in [6.45, 7) is 2.40. The van der Waals surface area contributed by atoms with Gasteiger partial charge in [-0.3, -0.25) is 4.99 Å². The molecule has 0 aliphatic rings. The van der Waals surface area contributed by atoms with Gasteiger partial charge in [-0.05, 0) is 23.3 Å². The van der Waals surface area contributed by atoms with Gasteiger partial charge in [-0.15, -0.1) is 0 Å². The van der Waals surface area contributed by atoms with Crippen LogP contribution in [0.25, 0.3) is 0 Å². The van der Waals surface area contributed by atoms with E-state index in [9.17, 15) is 0 Å². The molecule has 0 bridgehead atoms. The number of guanidine groups is 1. The zero-order valence-electron chi connectivity index (χ0n) is 15.6. The Labute approximate surface area is 154 Å². The molecule has 1 aromatic carbocycles. The summed E-state index contributed by atoms with van der Waals surface area (Å²) in [5.41, 5.74) is 3.74. The first-order chi connectivity index (χ1) is 12.7. The fourth-order valence-electron chi connectivity index (χ4n) is 2.90. The van der Waals surface area contributed by atoms with Crippen molar-refractivity contribution >= 4 is 5.96 Å². The molecule has 0 saturated carbocycles. The number of rotatable bonds is 6. The van der Waals surface area contributed by atoms with Gasteiger partial charge in [-0.2, -0.15) is 0 Å². The average molecular weight is 350 g/mol. The fraction of sp³-hybridized carbons (Fsp3) is 0.300. The van der Waals surface area contributed by atoms with E-state index in [0.29, 0.717) is 0 Å². The SMILES string of the molecule is CN=C(NCc1ccc(Cn2ccnc2)cc1)N(C)Cc1cccn1C. The molecule has 1 N–H and O–H groups in total. The summed E-state index contributed by atoms with van der Waals surface area (Å²) >= 11 is 0. The van der Waals surface area contributed by atoms with E-state index >= 15 is 0 Å². The maximum atomic E-state index is 4.39. The van der Waals surface area contributed by atoms with E-state index in [0.717, 1.165) is 25.6 Å². The summed E-state index contributed by atoms with van der Waals surface area (Å²) in [7, 11) is 5.93.